The van der Waals surface area contributed by atoms with Gasteiger partial charge in [-0.05, 0) is 44.2 Å². The fraction of sp³-hybridized carbons (Fsp3) is 0.350. The van der Waals surface area contributed by atoms with Gasteiger partial charge in [0.1, 0.15) is 5.54 Å². The number of carbonyl (C=O) groups excluding carboxylic acids is 2. The Morgan fingerprint density at radius 3 is 2.83 bits per heavy atom. The molecule has 0 bridgehead atoms. The van der Waals surface area contributed by atoms with Crippen molar-refractivity contribution in [3.05, 3.63) is 41.1 Å². The zero-order valence-corrected chi connectivity index (χ0v) is 16.2. The molecule has 1 aliphatic heterocycles. The normalized spacial score (nSPS) is 21.0. The molecule has 1 unspecified atom stereocenters. The standard InChI is InChI=1S/C20H20N6O3/c1-20(18(27)22-19(28)23-20)12-7-5-6-11(10-12)16-21-17(29-25-16)15-13-8-3-4-9-14(13)26(2)24-15/h5-7,10H,3-4,8-9H2,1-2H3,(H2,22,23,27,28). The number of imide groups is 1. The SMILES string of the molecule is Cn1nc(-c2nc(-c3cccc(C4(C)NC(=O)NC4=O)c3)no2)c2c1CCCC2. The van der Waals surface area contributed by atoms with E-state index in [1.54, 1.807) is 25.1 Å². The van der Waals surface area contributed by atoms with Crippen LogP contribution in [0, 0.1) is 0 Å². The lowest BCUT2D eigenvalue weighted by Gasteiger charge is -2.21. The highest BCUT2D eigenvalue weighted by Crippen LogP contribution is 2.32. The van der Waals surface area contributed by atoms with E-state index in [9.17, 15) is 9.59 Å². The van der Waals surface area contributed by atoms with Crippen LogP contribution < -0.4 is 10.6 Å². The van der Waals surface area contributed by atoms with Gasteiger partial charge in [0, 0.05) is 23.9 Å². The minimum Gasteiger partial charge on any atom is -0.332 e. The van der Waals surface area contributed by atoms with E-state index in [-0.39, 0.29) is 0 Å². The molecule has 5 rings (SSSR count). The van der Waals surface area contributed by atoms with Crippen LogP contribution in [0.4, 0.5) is 4.79 Å². The first-order valence-electron chi connectivity index (χ1n) is 9.59. The molecule has 1 fully saturated rings. The molecule has 9 heteroatoms. The summed E-state index contributed by atoms with van der Waals surface area (Å²) in [6, 6.07) is 6.69. The average molecular weight is 392 g/mol. The number of nitrogens with zero attached hydrogens (tertiary/aromatic N) is 4. The van der Waals surface area contributed by atoms with Crippen molar-refractivity contribution in [1.29, 1.82) is 0 Å². The second-order valence-corrected chi connectivity index (χ2v) is 7.64. The Labute approximate surface area is 166 Å². The third-order valence-electron chi connectivity index (χ3n) is 5.74. The van der Waals surface area contributed by atoms with Crippen LogP contribution in [0.15, 0.2) is 28.8 Å². The van der Waals surface area contributed by atoms with Crippen molar-refractivity contribution in [1.82, 2.24) is 30.6 Å². The first-order valence-corrected chi connectivity index (χ1v) is 9.59. The molecule has 1 aliphatic carbocycles. The maximum absolute atomic E-state index is 12.2. The van der Waals surface area contributed by atoms with Gasteiger partial charge in [0.05, 0.1) is 0 Å². The van der Waals surface area contributed by atoms with Crippen LogP contribution in [0.3, 0.4) is 0 Å². The van der Waals surface area contributed by atoms with E-state index in [1.165, 1.54) is 11.3 Å². The first kappa shape index (κ1) is 17.6. The number of rotatable bonds is 3. The number of hydrogen-bond acceptors (Lipinski definition) is 6. The Kier molecular flexibility index (Phi) is 3.80. The fourth-order valence-electron chi connectivity index (χ4n) is 4.10. The molecule has 2 aromatic heterocycles. The molecule has 3 amide bonds. The van der Waals surface area contributed by atoms with Crippen LogP contribution >= 0.6 is 0 Å². The quantitative estimate of drug-likeness (QED) is 0.660. The van der Waals surface area contributed by atoms with Crippen LogP contribution in [0.2, 0.25) is 0 Å². The summed E-state index contributed by atoms with van der Waals surface area (Å²) in [5, 5.41) is 13.7. The van der Waals surface area contributed by atoms with Gasteiger partial charge in [0.2, 0.25) is 5.82 Å². The lowest BCUT2D eigenvalue weighted by Crippen LogP contribution is -2.40. The van der Waals surface area contributed by atoms with Gasteiger partial charge in [-0.15, -0.1) is 0 Å². The summed E-state index contributed by atoms with van der Waals surface area (Å²) in [4.78, 5) is 28.4. The zero-order valence-electron chi connectivity index (χ0n) is 16.2. The molecular weight excluding hydrogens is 372 g/mol. The summed E-state index contributed by atoms with van der Waals surface area (Å²) in [6.07, 6.45) is 4.25. The number of urea groups is 1. The molecule has 9 nitrogen and oxygen atoms in total. The summed E-state index contributed by atoms with van der Waals surface area (Å²) < 4.78 is 7.43. The Bertz CT molecular complexity index is 1150. The molecule has 3 heterocycles. The molecule has 148 valence electrons. The molecule has 29 heavy (non-hydrogen) atoms. The molecule has 0 saturated carbocycles. The van der Waals surface area contributed by atoms with Crippen LogP contribution in [-0.2, 0) is 30.2 Å². The predicted molar refractivity (Wildman–Crippen MR) is 103 cm³/mol. The highest BCUT2D eigenvalue weighted by atomic mass is 16.5. The number of nitrogens with one attached hydrogen (secondary N) is 2. The number of amides is 3. The Morgan fingerprint density at radius 1 is 1.21 bits per heavy atom. The Morgan fingerprint density at radius 2 is 2.03 bits per heavy atom. The number of aromatic nitrogens is 4. The van der Waals surface area contributed by atoms with Crippen LogP contribution in [0.1, 0.15) is 36.6 Å². The molecular formula is C20H20N6O3. The Balaban J connectivity index is 1.51. The van der Waals surface area contributed by atoms with Crippen molar-refractivity contribution in [2.75, 3.05) is 0 Å². The zero-order chi connectivity index (χ0) is 20.2. The van der Waals surface area contributed by atoms with Gasteiger partial charge in [0.25, 0.3) is 11.8 Å². The van der Waals surface area contributed by atoms with Crippen molar-refractivity contribution in [3.63, 3.8) is 0 Å². The Hall–Kier alpha value is -3.49. The molecule has 2 N–H and O–H groups in total. The minimum atomic E-state index is -1.14. The predicted octanol–water partition coefficient (Wildman–Crippen LogP) is 2.07. The lowest BCUT2D eigenvalue weighted by atomic mass is 9.91. The van der Waals surface area contributed by atoms with Crippen molar-refractivity contribution < 1.29 is 14.1 Å². The number of hydrogen-bond donors (Lipinski definition) is 2. The van der Waals surface area contributed by atoms with Crippen LogP contribution in [-0.4, -0.2) is 31.9 Å². The summed E-state index contributed by atoms with van der Waals surface area (Å²) in [6.45, 7) is 1.66. The average Bonchev–Trinajstić information content (AvgIpc) is 3.40. The number of benzene rings is 1. The van der Waals surface area contributed by atoms with E-state index >= 15 is 0 Å². The third-order valence-corrected chi connectivity index (χ3v) is 5.74. The molecule has 2 aliphatic rings. The van der Waals surface area contributed by atoms with Crippen molar-refractivity contribution in [2.45, 2.75) is 38.1 Å². The number of fused-ring (bicyclic) bond motifs is 1. The number of carbonyl (C=O) groups is 2. The largest absolute Gasteiger partial charge is 0.332 e. The lowest BCUT2D eigenvalue weighted by molar-refractivity contribution is -0.123. The summed E-state index contributed by atoms with van der Waals surface area (Å²) in [5.74, 6) is 0.404. The van der Waals surface area contributed by atoms with E-state index < -0.39 is 17.5 Å². The molecule has 1 aromatic carbocycles. The maximum Gasteiger partial charge on any atom is 0.322 e. The highest BCUT2D eigenvalue weighted by molar-refractivity contribution is 6.07. The monoisotopic (exact) mass is 392 g/mol. The van der Waals surface area contributed by atoms with E-state index in [0.29, 0.717) is 22.8 Å². The molecule has 1 saturated heterocycles. The van der Waals surface area contributed by atoms with E-state index in [1.807, 2.05) is 17.8 Å². The first-order chi connectivity index (χ1) is 14.0. The summed E-state index contributed by atoms with van der Waals surface area (Å²) in [7, 11) is 1.94. The van der Waals surface area contributed by atoms with Crippen molar-refractivity contribution in [2.24, 2.45) is 7.05 Å². The smallest absolute Gasteiger partial charge is 0.322 e. The minimum absolute atomic E-state index is 0.391. The summed E-state index contributed by atoms with van der Waals surface area (Å²) >= 11 is 0. The second kappa shape index (κ2) is 6.26. The topological polar surface area (TPSA) is 115 Å². The van der Waals surface area contributed by atoms with Crippen molar-refractivity contribution >= 4 is 11.9 Å². The van der Waals surface area contributed by atoms with Gasteiger partial charge in [0.15, 0.2) is 5.69 Å². The van der Waals surface area contributed by atoms with E-state index in [4.69, 9.17) is 4.52 Å². The van der Waals surface area contributed by atoms with E-state index in [0.717, 1.165) is 31.4 Å². The van der Waals surface area contributed by atoms with Crippen LogP contribution in [0.5, 0.6) is 0 Å². The fourth-order valence-corrected chi connectivity index (χ4v) is 4.10. The van der Waals surface area contributed by atoms with Gasteiger partial charge in [-0.25, -0.2) is 4.79 Å². The van der Waals surface area contributed by atoms with Gasteiger partial charge in [-0.1, -0.05) is 23.4 Å². The van der Waals surface area contributed by atoms with E-state index in [2.05, 4.69) is 25.9 Å². The molecule has 3 aromatic rings. The molecule has 0 spiro atoms. The van der Waals surface area contributed by atoms with Gasteiger partial charge < -0.3 is 9.84 Å². The maximum atomic E-state index is 12.2. The molecule has 0 radical (unpaired) electrons. The van der Waals surface area contributed by atoms with Gasteiger partial charge in [-0.2, -0.15) is 10.1 Å². The second-order valence-electron chi connectivity index (χ2n) is 7.64. The van der Waals surface area contributed by atoms with Crippen molar-refractivity contribution in [3.8, 4) is 23.0 Å². The van der Waals surface area contributed by atoms with Gasteiger partial charge >= 0.3 is 6.03 Å². The molecule has 1 atom stereocenters. The van der Waals surface area contributed by atoms with Gasteiger partial charge in [-0.3, -0.25) is 14.8 Å². The van der Waals surface area contributed by atoms with Crippen LogP contribution in [0.25, 0.3) is 23.0 Å². The number of aryl methyl sites for hydroxylation is 1. The summed E-state index contributed by atoms with van der Waals surface area (Å²) in [5.41, 5.74) is 3.34. The highest BCUT2D eigenvalue weighted by Gasteiger charge is 2.43. The third kappa shape index (κ3) is 2.72.